The lowest BCUT2D eigenvalue weighted by molar-refractivity contribution is 0.627. The summed E-state index contributed by atoms with van der Waals surface area (Å²) >= 11 is 2.09. The molecule has 1 aromatic rings. The van der Waals surface area contributed by atoms with E-state index < -0.39 is 0 Å². The Balaban J connectivity index is 1.85. The van der Waals surface area contributed by atoms with Gasteiger partial charge in [-0.25, -0.2) is 0 Å². The van der Waals surface area contributed by atoms with E-state index in [9.17, 15) is 0 Å². The molecule has 1 heterocycles. The van der Waals surface area contributed by atoms with Gasteiger partial charge in [-0.1, -0.05) is 39.0 Å². The molecular weight excluding hydrogens is 226 g/mol. The zero-order valence-corrected chi connectivity index (χ0v) is 11.8. The summed E-state index contributed by atoms with van der Waals surface area (Å²) in [5.74, 6) is 2.58. The monoisotopic (exact) mass is 251 g/mol. The molecule has 0 aliphatic rings. The standard InChI is InChI=1S/C15H25NS/c1-2-3-4-5-6-7-13-17-14-10-15-8-11-16-12-9-15/h8-9,11-12H,2-7,10,13-14H2,1H3. The number of nitrogens with zero attached hydrogens (tertiary/aromatic N) is 1. The lowest BCUT2D eigenvalue weighted by atomic mass is 10.1. The SMILES string of the molecule is CCCCCCCCSCCc1ccncc1. The summed E-state index contributed by atoms with van der Waals surface area (Å²) < 4.78 is 0. The van der Waals surface area contributed by atoms with E-state index in [-0.39, 0.29) is 0 Å². The lowest BCUT2D eigenvalue weighted by Gasteiger charge is -2.02. The van der Waals surface area contributed by atoms with Crippen LogP contribution in [0.1, 0.15) is 51.0 Å². The van der Waals surface area contributed by atoms with E-state index in [0.717, 1.165) is 0 Å². The quantitative estimate of drug-likeness (QED) is 0.558. The second-order valence-corrected chi connectivity index (χ2v) is 5.71. The van der Waals surface area contributed by atoms with E-state index in [1.54, 1.807) is 0 Å². The number of aromatic nitrogens is 1. The number of unbranched alkanes of at least 4 members (excludes halogenated alkanes) is 5. The van der Waals surface area contributed by atoms with Gasteiger partial charge >= 0.3 is 0 Å². The van der Waals surface area contributed by atoms with Crippen molar-refractivity contribution in [2.24, 2.45) is 0 Å². The maximum atomic E-state index is 4.03. The molecule has 0 unspecified atom stereocenters. The third-order valence-electron chi connectivity index (χ3n) is 2.93. The van der Waals surface area contributed by atoms with Gasteiger partial charge in [-0.2, -0.15) is 11.8 Å². The molecule has 0 atom stereocenters. The van der Waals surface area contributed by atoms with E-state index in [2.05, 4.69) is 35.8 Å². The van der Waals surface area contributed by atoms with Crippen molar-refractivity contribution in [3.63, 3.8) is 0 Å². The first-order chi connectivity index (χ1) is 8.43. The van der Waals surface area contributed by atoms with Crippen LogP contribution in [0.15, 0.2) is 24.5 Å². The molecule has 0 aliphatic heterocycles. The van der Waals surface area contributed by atoms with Crippen molar-refractivity contribution in [2.45, 2.75) is 51.9 Å². The van der Waals surface area contributed by atoms with Crippen molar-refractivity contribution < 1.29 is 0 Å². The maximum absolute atomic E-state index is 4.03. The maximum Gasteiger partial charge on any atom is 0.0270 e. The summed E-state index contributed by atoms with van der Waals surface area (Å²) in [7, 11) is 0. The highest BCUT2D eigenvalue weighted by Crippen LogP contribution is 2.11. The van der Waals surface area contributed by atoms with Crippen LogP contribution in [-0.4, -0.2) is 16.5 Å². The predicted molar refractivity (Wildman–Crippen MR) is 78.6 cm³/mol. The van der Waals surface area contributed by atoms with E-state index in [1.807, 2.05) is 12.4 Å². The predicted octanol–water partition coefficient (Wildman–Crippen LogP) is 4.72. The smallest absolute Gasteiger partial charge is 0.0270 e. The molecule has 0 N–H and O–H groups in total. The number of aryl methyl sites for hydroxylation is 1. The van der Waals surface area contributed by atoms with E-state index in [4.69, 9.17) is 0 Å². The molecule has 17 heavy (non-hydrogen) atoms. The average Bonchev–Trinajstić information content (AvgIpc) is 2.38. The summed E-state index contributed by atoms with van der Waals surface area (Å²) in [5, 5.41) is 0. The van der Waals surface area contributed by atoms with Crippen LogP contribution >= 0.6 is 11.8 Å². The van der Waals surface area contributed by atoms with Crippen molar-refractivity contribution in [1.82, 2.24) is 4.98 Å². The first-order valence-electron chi connectivity index (χ1n) is 6.90. The Morgan fingerprint density at radius 1 is 0.941 bits per heavy atom. The minimum atomic E-state index is 1.18. The summed E-state index contributed by atoms with van der Waals surface area (Å²) in [5.41, 5.74) is 1.41. The van der Waals surface area contributed by atoms with Crippen LogP contribution in [0.5, 0.6) is 0 Å². The first-order valence-corrected chi connectivity index (χ1v) is 8.05. The van der Waals surface area contributed by atoms with E-state index in [1.165, 1.54) is 62.0 Å². The summed E-state index contributed by atoms with van der Waals surface area (Å²) in [6.45, 7) is 2.27. The zero-order valence-electron chi connectivity index (χ0n) is 11.0. The highest BCUT2D eigenvalue weighted by atomic mass is 32.2. The van der Waals surface area contributed by atoms with Gasteiger partial charge in [0.2, 0.25) is 0 Å². The van der Waals surface area contributed by atoms with Crippen LogP contribution in [0, 0.1) is 0 Å². The highest BCUT2D eigenvalue weighted by Gasteiger charge is 1.94. The van der Waals surface area contributed by atoms with Crippen LogP contribution < -0.4 is 0 Å². The summed E-state index contributed by atoms with van der Waals surface area (Å²) in [4.78, 5) is 4.03. The van der Waals surface area contributed by atoms with Crippen LogP contribution in [-0.2, 0) is 6.42 Å². The molecule has 0 fully saturated rings. The topological polar surface area (TPSA) is 12.9 Å². The second-order valence-electron chi connectivity index (χ2n) is 4.49. The van der Waals surface area contributed by atoms with Gasteiger partial charge in [-0.05, 0) is 42.0 Å². The van der Waals surface area contributed by atoms with Crippen molar-refractivity contribution in [1.29, 1.82) is 0 Å². The van der Waals surface area contributed by atoms with Crippen molar-refractivity contribution in [3.05, 3.63) is 30.1 Å². The number of pyridine rings is 1. The molecule has 0 radical (unpaired) electrons. The van der Waals surface area contributed by atoms with E-state index >= 15 is 0 Å². The Kier molecular flexibility index (Phi) is 9.11. The van der Waals surface area contributed by atoms with Crippen LogP contribution in [0.3, 0.4) is 0 Å². The van der Waals surface area contributed by atoms with Crippen LogP contribution in [0.4, 0.5) is 0 Å². The summed E-state index contributed by atoms with van der Waals surface area (Å²) in [6, 6.07) is 4.23. The normalized spacial score (nSPS) is 10.6. The fourth-order valence-electron chi connectivity index (χ4n) is 1.83. The van der Waals surface area contributed by atoms with Gasteiger partial charge in [-0.15, -0.1) is 0 Å². The lowest BCUT2D eigenvalue weighted by Crippen LogP contribution is -1.90. The molecular formula is C15H25NS. The molecule has 0 spiro atoms. The van der Waals surface area contributed by atoms with Gasteiger partial charge in [-0.3, -0.25) is 4.98 Å². The Morgan fingerprint density at radius 2 is 1.65 bits per heavy atom. The first kappa shape index (κ1) is 14.6. The molecule has 1 nitrogen and oxygen atoms in total. The van der Waals surface area contributed by atoms with Crippen molar-refractivity contribution in [2.75, 3.05) is 11.5 Å². The van der Waals surface area contributed by atoms with Gasteiger partial charge in [0.25, 0.3) is 0 Å². The molecule has 0 aromatic carbocycles. The van der Waals surface area contributed by atoms with Gasteiger partial charge in [0.05, 0.1) is 0 Å². The van der Waals surface area contributed by atoms with Gasteiger partial charge in [0.15, 0.2) is 0 Å². The molecule has 0 saturated carbocycles. The third-order valence-corrected chi connectivity index (χ3v) is 4.00. The van der Waals surface area contributed by atoms with Gasteiger partial charge in [0, 0.05) is 12.4 Å². The fraction of sp³-hybridized carbons (Fsp3) is 0.667. The fourth-order valence-corrected chi connectivity index (χ4v) is 2.82. The molecule has 0 amide bonds. The average molecular weight is 251 g/mol. The zero-order chi connectivity index (χ0) is 12.2. The molecule has 2 heteroatoms. The minimum Gasteiger partial charge on any atom is -0.265 e. The number of hydrogen-bond acceptors (Lipinski definition) is 2. The largest absolute Gasteiger partial charge is 0.265 e. The second kappa shape index (κ2) is 10.6. The highest BCUT2D eigenvalue weighted by molar-refractivity contribution is 7.99. The van der Waals surface area contributed by atoms with Crippen LogP contribution in [0.2, 0.25) is 0 Å². The molecule has 0 bridgehead atoms. The van der Waals surface area contributed by atoms with Crippen LogP contribution in [0.25, 0.3) is 0 Å². The Hall–Kier alpha value is -0.500. The van der Waals surface area contributed by atoms with E-state index in [0.29, 0.717) is 0 Å². The molecule has 96 valence electrons. The van der Waals surface area contributed by atoms with Gasteiger partial charge < -0.3 is 0 Å². The molecule has 1 aromatic heterocycles. The third kappa shape index (κ3) is 8.25. The van der Waals surface area contributed by atoms with Crippen molar-refractivity contribution in [3.8, 4) is 0 Å². The Morgan fingerprint density at radius 3 is 2.41 bits per heavy atom. The molecule has 1 rings (SSSR count). The molecule has 0 saturated heterocycles. The molecule has 0 aliphatic carbocycles. The minimum absolute atomic E-state index is 1.18. The van der Waals surface area contributed by atoms with Crippen molar-refractivity contribution >= 4 is 11.8 Å². The Bertz CT molecular complexity index is 261. The summed E-state index contributed by atoms with van der Waals surface area (Å²) in [6.07, 6.45) is 13.4. The Labute approximate surface area is 110 Å². The van der Waals surface area contributed by atoms with Gasteiger partial charge in [0.1, 0.15) is 0 Å². The number of hydrogen-bond donors (Lipinski definition) is 0. The number of rotatable bonds is 10. The number of thioether (sulfide) groups is 1.